The molecule has 0 unspecified atom stereocenters. The maximum atomic E-state index is 13.1. The van der Waals surface area contributed by atoms with Crippen molar-refractivity contribution in [1.29, 1.82) is 0 Å². The van der Waals surface area contributed by atoms with Crippen molar-refractivity contribution >= 4 is 5.91 Å². The van der Waals surface area contributed by atoms with Gasteiger partial charge in [-0.2, -0.15) is 0 Å². The van der Waals surface area contributed by atoms with Gasteiger partial charge in [0.05, 0.1) is 5.41 Å². The highest BCUT2D eigenvalue weighted by molar-refractivity contribution is 5.83. The lowest BCUT2D eigenvalue weighted by molar-refractivity contribution is -0.156. The highest BCUT2D eigenvalue weighted by Crippen LogP contribution is 2.60. The molecule has 1 amide bonds. The van der Waals surface area contributed by atoms with E-state index in [2.05, 4.69) is 4.98 Å². The molecule has 0 aromatic carbocycles. The third-order valence-corrected chi connectivity index (χ3v) is 6.27. The van der Waals surface area contributed by atoms with Gasteiger partial charge in [-0.3, -0.25) is 9.78 Å². The third kappa shape index (κ3) is 2.45. The van der Waals surface area contributed by atoms with Gasteiger partial charge in [0.1, 0.15) is 0 Å². The Balaban J connectivity index is 1.43. The third-order valence-electron chi connectivity index (χ3n) is 6.27. The monoisotopic (exact) mass is 298 g/mol. The number of amides is 1. The summed E-state index contributed by atoms with van der Waals surface area (Å²) in [4.78, 5) is 19.5. The summed E-state index contributed by atoms with van der Waals surface area (Å²) in [5, 5.41) is 0. The van der Waals surface area contributed by atoms with E-state index in [1.807, 2.05) is 36.3 Å². The van der Waals surface area contributed by atoms with Gasteiger partial charge in [0.15, 0.2) is 0 Å². The van der Waals surface area contributed by atoms with Crippen molar-refractivity contribution in [3.8, 4) is 0 Å². The minimum atomic E-state index is -0.00633. The molecule has 4 aliphatic rings. The molecule has 4 bridgehead atoms. The number of carbonyl (C=O) groups is 1. The molecule has 0 spiro atoms. The molecule has 0 atom stereocenters. The Labute approximate surface area is 133 Å². The van der Waals surface area contributed by atoms with Gasteiger partial charge >= 0.3 is 0 Å². The Morgan fingerprint density at radius 1 is 1.18 bits per heavy atom. The van der Waals surface area contributed by atoms with Crippen molar-refractivity contribution in [2.75, 3.05) is 13.6 Å². The minimum absolute atomic E-state index is 0.00633. The molecule has 4 aliphatic carbocycles. The maximum Gasteiger partial charge on any atom is 0.228 e. The van der Waals surface area contributed by atoms with Crippen LogP contribution in [0.5, 0.6) is 0 Å². The highest BCUT2D eigenvalue weighted by atomic mass is 16.2. The van der Waals surface area contributed by atoms with Crippen molar-refractivity contribution in [3.05, 3.63) is 30.1 Å². The summed E-state index contributed by atoms with van der Waals surface area (Å²) < 4.78 is 0. The molecule has 1 aromatic heterocycles. The van der Waals surface area contributed by atoms with E-state index < -0.39 is 0 Å². The molecular formula is C19H26N2O. The number of rotatable bonds is 4. The normalized spacial score (nSPS) is 35.6. The van der Waals surface area contributed by atoms with Crippen LogP contribution in [0.2, 0.25) is 0 Å². The van der Waals surface area contributed by atoms with Crippen LogP contribution in [-0.4, -0.2) is 29.4 Å². The van der Waals surface area contributed by atoms with E-state index in [4.69, 9.17) is 0 Å². The summed E-state index contributed by atoms with van der Waals surface area (Å²) in [6, 6.07) is 6.00. The molecule has 1 heterocycles. The lowest BCUT2D eigenvalue weighted by atomic mass is 9.49. The predicted octanol–water partition coefficient (Wildman–Crippen LogP) is 3.30. The first-order valence-electron chi connectivity index (χ1n) is 8.80. The summed E-state index contributed by atoms with van der Waals surface area (Å²) in [5.41, 5.74) is 1.07. The second-order valence-electron chi connectivity index (χ2n) is 8.00. The molecule has 3 nitrogen and oxygen atoms in total. The number of pyridine rings is 1. The van der Waals surface area contributed by atoms with Crippen LogP contribution in [0.4, 0.5) is 0 Å². The first-order valence-corrected chi connectivity index (χ1v) is 8.80. The Kier molecular flexibility index (Phi) is 3.47. The van der Waals surface area contributed by atoms with Gasteiger partial charge in [-0.15, -0.1) is 0 Å². The van der Waals surface area contributed by atoms with E-state index in [-0.39, 0.29) is 5.41 Å². The van der Waals surface area contributed by atoms with Crippen molar-refractivity contribution in [3.63, 3.8) is 0 Å². The number of nitrogens with zero attached hydrogens (tertiary/aromatic N) is 2. The minimum Gasteiger partial charge on any atom is -0.345 e. The zero-order chi connectivity index (χ0) is 15.2. The molecule has 5 rings (SSSR count). The number of hydrogen-bond acceptors (Lipinski definition) is 2. The molecule has 0 N–H and O–H groups in total. The number of hydrogen-bond donors (Lipinski definition) is 0. The molecule has 0 saturated heterocycles. The highest BCUT2D eigenvalue weighted by Gasteiger charge is 2.55. The molecule has 4 saturated carbocycles. The zero-order valence-electron chi connectivity index (χ0n) is 13.5. The van der Waals surface area contributed by atoms with Crippen LogP contribution < -0.4 is 0 Å². The summed E-state index contributed by atoms with van der Waals surface area (Å²) in [5.74, 6) is 2.92. The van der Waals surface area contributed by atoms with Crippen LogP contribution in [0.15, 0.2) is 24.4 Å². The first-order chi connectivity index (χ1) is 10.6. The van der Waals surface area contributed by atoms with Gasteiger partial charge in [0.2, 0.25) is 5.91 Å². The van der Waals surface area contributed by atoms with Gasteiger partial charge in [-0.05, 0) is 68.4 Å². The Hall–Kier alpha value is -1.38. The zero-order valence-corrected chi connectivity index (χ0v) is 13.5. The maximum absolute atomic E-state index is 13.1. The SMILES string of the molecule is CN(CCc1ccccn1)C(=O)C12CC3CC(CC(C3)C1)C2. The molecule has 1 aromatic rings. The van der Waals surface area contributed by atoms with Gasteiger partial charge in [-0.1, -0.05) is 6.07 Å². The van der Waals surface area contributed by atoms with E-state index in [0.29, 0.717) is 5.91 Å². The van der Waals surface area contributed by atoms with E-state index in [1.165, 1.54) is 19.3 Å². The van der Waals surface area contributed by atoms with Crippen LogP contribution in [-0.2, 0) is 11.2 Å². The molecule has 22 heavy (non-hydrogen) atoms. The predicted molar refractivity (Wildman–Crippen MR) is 86.2 cm³/mol. The summed E-state index contributed by atoms with van der Waals surface area (Å²) >= 11 is 0. The summed E-state index contributed by atoms with van der Waals surface area (Å²) in [6.07, 6.45) is 10.3. The van der Waals surface area contributed by atoms with Crippen molar-refractivity contribution in [2.45, 2.75) is 44.9 Å². The summed E-state index contributed by atoms with van der Waals surface area (Å²) in [7, 11) is 1.99. The van der Waals surface area contributed by atoms with Crippen molar-refractivity contribution in [2.24, 2.45) is 23.2 Å². The van der Waals surface area contributed by atoms with Gasteiger partial charge in [0.25, 0.3) is 0 Å². The summed E-state index contributed by atoms with van der Waals surface area (Å²) in [6.45, 7) is 0.789. The molecule has 3 heteroatoms. The first kappa shape index (κ1) is 14.2. The van der Waals surface area contributed by atoms with E-state index in [1.54, 1.807) is 0 Å². The van der Waals surface area contributed by atoms with Gasteiger partial charge in [-0.25, -0.2) is 0 Å². The van der Waals surface area contributed by atoms with E-state index >= 15 is 0 Å². The molecule has 0 aliphatic heterocycles. The van der Waals surface area contributed by atoms with Crippen LogP contribution in [0.3, 0.4) is 0 Å². The van der Waals surface area contributed by atoms with E-state index in [9.17, 15) is 4.79 Å². The molecular weight excluding hydrogens is 272 g/mol. The molecule has 4 fully saturated rings. The quantitative estimate of drug-likeness (QED) is 0.854. The van der Waals surface area contributed by atoms with Crippen LogP contribution in [0.25, 0.3) is 0 Å². The molecule has 118 valence electrons. The lowest BCUT2D eigenvalue weighted by Gasteiger charge is -2.56. The lowest BCUT2D eigenvalue weighted by Crippen LogP contribution is -2.54. The number of aromatic nitrogens is 1. The fourth-order valence-electron chi connectivity index (χ4n) is 5.71. The van der Waals surface area contributed by atoms with Crippen LogP contribution in [0, 0.1) is 23.2 Å². The second-order valence-corrected chi connectivity index (χ2v) is 8.00. The fourth-order valence-corrected chi connectivity index (χ4v) is 5.71. The van der Waals surface area contributed by atoms with Gasteiger partial charge in [0, 0.05) is 31.9 Å². The van der Waals surface area contributed by atoms with Crippen molar-refractivity contribution < 1.29 is 4.79 Å². The van der Waals surface area contributed by atoms with Crippen LogP contribution >= 0.6 is 0 Å². The largest absolute Gasteiger partial charge is 0.345 e. The number of likely N-dealkylation sites (N-methyl/N-ethyl adjacent to an activating group) is 1. The Bertz CT molecular complexity index is 519. The standard InChI is InChI=1S/C19H26N2O/c1-21(7-5-17-4-2-3-6-20-17)18(22)19-11-14-8-15(12-19)10-16(9-14)13-19/h2-4,6,14-16H,5,7-13H2,1H3. The average Bonchev–Trinajstić information content (AvgIpc) is 2.51. The molecule has 0 radical (unpaired) electrons. The smallest absolute Gasteiger partial charge is 0.228 e. The van der Waals surface area contributed by atoms with E-state index in [0.717, 1.165) is 55.7 Å². The second kappa shape index (κ2) is 5.36. The van der Waals surface area contributed by atoms with Crippen molar-refractivity contribution in [1.82, 2.24) is 9.88 Å². The average molecular weight is 298 g/mol. The Morgan fingerprint density at radius 3 is 2.36 bits per heavy atom. The number of carbonyl (C=O) groups excluding carboxylic acids is 1. The fraction of sp³-hybridized carbons (Fsp3) is 0.684. The van der Waals surface area contributed by atoms with Gasteiger partial charge < -0.3 is 4.90 Å². The Morgan fingerprint density at radius 2 is 1.82 bits per heavy atom. The topological polar surface area (TPSA) is 33.2 Å². The van der Waals surface area contributed by atoms with Crippen LogP contribution in [0.1, 0.15) is 44.2 Å².